The Labute approximate surface area is 192 Å². The molecule has 0 radical (unpaired) electrons. The molecule has 2 N–H and O–H groups in total. The zero-order chi connectivity index (χ0) is 24.5. The first kappa shape index (κ1) is 23.6. The van der Waals surface area contributed by atoms with Crippen molar-refractivity contribution in [3.63, 3.8) is 0 Å². The van der Waals surface area contributed by atoms with E-state index in [1.165, 1.54) is 42.6 Å². The van der Waals surface area contributed by atoms with Gasteiger partial charge in [0.25, 0.3) is 0 Å². The molecule has 0 aliphatic carbocycles. The second-order valence-corrected chi connectivity index (χ2v) is 8.94. The van der Waals surface area contributed by atoms with Crippen LogP contribution in [0.4, 0.5) is 17.6 Å². The van der Waals surface area contributed by atoms with Crippen LogP contribution < -0.4 is 5.14 Å². The third-order valence-corrected chi connectivity index (χ3v) is 6.08. The summed E-state index contributed by atoms with van der Waals surface area (Å²) in [4.78, 5) is 3.75. The van der Waals surface area contributed by atoms with Gasteiger partial charge in [0.1, 0.15) is 11.5 Å². The van der Waals surface area contributed by atoms with Gasteiger partial charge >= 0.3 is 6.18 Å². The molecule has 0 bridgehead atoms. The fourth-order valence-corrected chi connectivity index (χ4v) is 4.41. The van der Waals surface area contributed by atoms with Crippen LogP contribution in [0, 0.1) is 5.82 Å². The number of halogens is 4. The molecule has 34 heavy (non-hydrogen) atoms. The Bertz CT molecular complexity index is 1420. The standard InChI is InChI=1S/C23H18F4N4O2S/c24-16-10-8-15(9-11-16)20-21(18-6-1-2-7-19(18)34(28,32)33)30-31(22(20)23(25,26)27)14-12-17-5-3-4-13-29-17/h1-11,13H,12,14H2,(H2,28,32,33). The van der Waals surface area contributed by atoms with E-state index in [-0.39, 0.29) is 40.2 Å². The van der Waals surface area contributed by atoms with Crippen molar-refractivity contribution in [3.8, 4) is 22.4 Å². The van der Waals surface area contributed by atoms with Crippen molar-refractivity contribution < 1.29 is 26.0 Å². The van der Waals surface area contributed by atoms with Gasteiger partial charge in [0.15, 0.2) is 5.69 Å². The summed E-state index contributed by atoms with van der Waals surface area (Å²) in [6, 6.07) is 14.9. The third-order valence-electron chi connectivity index (χ3n) is 5.11. The Morgan fingerprint density at radius 3 is 2.24 bits per heavy atom. The van der Waals surface area contributed by atoms with Gasteiger partial charge in [0.2, 0.25) is 10.0 Å². The average Bonchev–Trinajstić information content (AvgIpc) is 3.18. The number of hydrogen-bond donors (Lipinski definition) is 1. The quantitative estimate of drug-likeness (QED) is 0.398. The molecule has 2 heterocycles. The van der Waals surface area contributed by atoms with Crippen LogP contribution in [-0.4, -0.2) is 23.2 Å². The molecule has 0 atom stereocenters. The number of sulfonamides is 1. The molecule has 2 aromatic heterocycles. The molecule has 0 saturated carbocycles. The lowest BCUT2D eigenvalue weighted by Gasteiger charge is -2.13. The number of pyridine rings is 1. The maximum absolute atomic E-state index is 14.4. The second kappa shape index (κ2) is 8.99. The van der Waals surface area contributed by atoms with Gasteiger partial charge in [-0.25, -0.2) is 17.9 Å². The smallest absolute Gasteiger partial charge is 0.261 e. The highest BCUT2D eigenvalue weighted by Gasteiger charge is 2.41. The van der Waals surface area contributed by atoms with E-state index in [2.05, 4.69) is 10.1 Å². The van der Waals surface area contributed by atoms with Crippen LogP contribution in [0.2, 0.25) is 0 Å². The minimum atomic E-state index is -4.85. The molecule has 0 aliphatic heterocycles. The Balaban J connectivity index is 1.99. The Morgan fingerprint density at radius 1 is 0.941 bits per heavy atom. The topological polar surface area (TPSA) is 90.9 Å². The van der Waals surface area contributed by atoms with E-state index in [0.29, 0.717) is 5.69 Å². The summed E-state index contributed by atoms with van der Waals surface area (Å²) in [5.74, 6) is -0.633. The minimum Gasteiger partial charge on any atom is -0.261 e. The molecule has 0 aliphatic rings. The van der Waals surface area contributed by atoms with Crippen molar-refractivity contribution in [2.24, 2.45) is 5.14 Å². The highest BCUT2D eigenvalue weighted by atomic mass is 32.2. The second-order valence-electron chi connectivity index (χ2n) is 7.41. The zero-order valence-electron chi connectivity index (χ0n) is 17.5. The lowest BCUT2D eigenvalue weighted by molar-refractivity contribution is -0.143. The maximum Gasteiger partial charge on any atom is 0.433 e. The lowest BCUT2D eigenvalue weighted by atomic mass is 9.98. The Morgan fingerprint density at radius 2 is 1.62 bits per heavy atom. The van der Waals surface area contributed by atoms with E-state index in [0.717, 1.165) is 16.8 Å². The number of hydrogen-bond acceptors (Lipinski definition) is 4. The SMILES string of the molecule is NS(=O)(=O)c1ccccc1-c1nn(CCc2ccccn2)c(C(F)(F)F)c1-c1ccc(F)cc1. The number of nitrogens with two attached hydrogens (primary N) is 1. The summed E-state index contributed by atoms with van der Waals surface area (Å²) in [7, 11) is -4.28. The molecule has 176 valence electrons. The molecule has 0 fully saturated rings. The molecular formula is C23H18F4N4O2S. The normalized spacial score (nSPS) is 12.1. The summed E-state index contributed by atoms with van der Waals surface area (Å²) < 4.78 is 81.8. The summed E-state index contributed by atoms with van der Waals surface area (Å²) >= 11 is 0. The molecule has 0 amide bonds. The maximum atomic E-state index is 14.4. The van der Waals surface area contributed by atoms with E-state index in [1.807, 2.05) is 0 Å². The molecule has 4 rings (SSSR count). The number of aromatic nitrogens is 3. The fourth-order valence-electron chi connectivity index (χ4n) is 3.67. The van der Waals surface area contributed by atoms with Crippen molar-refractivity contribution in [2.45, 2.75) is 24.0 Å². The van der Waals surface area contributed by atoms with E-state index < -0.39 is 27.7 Å². The van der Waals surface area contributed by atoms with Gasteiger partial charge in [-0.1, -0.05) is 36.4 Å². The number of nitrogens with zero attached hydrogens (tertiary/aromatic N) is 3. The van der Waals surface area contributed by atoms with E-state index in [9.17, 15) is 26.0 Å². The van der Waals surface area contributed by atoms with Crippen LogP contribution in [0.25, 0.3) is 22.4 Å². The number of primary sulfonamides is 1. The number of aryl methyl sites for hydroxylation is 2. The predicted octanol–water partition coefficient (Wildman–Crippen LogP) is 4.66. The molecule has 6 nitrogen and oxygen atoms in total. The first-order valence-corrected chi connectivity index (χ1v) is 11.6. The van der Waals surface area contributed by atoms with Crippen LogP contribution in [-0.2, 0) is 29.2 Å². The van der Waals surface area contributed by atoms with Crippen molar-refractivity contribution >= 4 is 10.0 Å². The van der Waals surface area contributed by atoms with Crippen LogP contribution in [0.3, 0.4) is 0 Å². The fraction of sp³-hybridized carbons (Fsp3) is 0.130. The van der Waals surface area contributed by atoms with Gasteiger partial charge in [-0.3, -0.25) is 9.67 Å². The predicted molar refractivity (Wildman–Crippen MR) is 117 cm³/mol. The summed E-state index contributed by atoms with van der Waals surface area (Å²) in [6.07, 6.45) is -3.18. The summed E-state index contributed by atoms with van der Waals surface area (Å²) in [6.45, 7) is -0.183. The highest BCUT2D eigenvalue weighted by Crippen LogP contribution is 2.44. The van der Waals surface area contributed by atoms with Gasteiger partial charge in [-0.05, 0) is 35.9 Å². The monoisotopic (exact) mass is 490 g/mol. The van der Waals surface area contributed by atoms with Crippen molar-refractivity contribution in [1.29, 1.82) is 0 Å². The third kappa shape index (κ3) is 4.85. The van der Waals surface area contributed by atoms with Crippen molar-refractivity contribution in [2.75, 3.05) is 0 Å². The van der Waals surface area contributed by atoms with Gasteiger partial charge in [0.05, 0.1) is 4.90 Å². The van der Waals surface area contributed by atoms with Gasteiger partial charge in [-0.2, -0.15) is 18.3 Å². The first-order chi connectivity index (χ1) is 16.1. The van der Waals surface area contributed by atoms with E-state index in [4.69, 9.17) is 5.14 Å². The molecule has 11 heteroatoms. The van der Waals surface area contributed by atoms with Gasteiger partial charge in [0, 0.05) is 36.0 Å². The van der Waals surface area contributed by atoms with Crippen LogP contribution >= 0.6 is 0 Å². The molecule has 4 aromatic rings. The highest BCUT2D eigenvalue weighted by molar-refractivity contribution is 7.89. The van der Waals surface area contributed by atoms with Crippen molar-refractivity contribution in [3.05, 3.63) is 90.1 Å². The lowest BCUT2D eigenvalue weighted by Crippen LogP contribution is -2.17. The minimum absolute atomic E-state index is 0.0250. The Kier molecular flexibility index (Phi) is 6.24. The average molecular weight is 490 g/mol. The van der Waals surface area contributed by atoms with Crippen molar-refractivity contribution in [1.82, 2.24) is 14.8 Å². The molecule has 0 saturated heterocycles. The molecule has 2 aromatic carbocycles. The zero-order valence-corrected chi connectivity index (χ0v) is 18.3. The number of benzene rings is 2. The first-order valence-electron chi connectivity index (χ1n) is 10.0. The van der Waals surface area contributed by atoms with E-state index >= 15 is 0 Å². The van der Waals surface area contributed by atoms with Crippen LogP contribution in [0.15, 0.2) is 77.8 Å². The molecule has 0 spiro atoms. The largest absolute Gasteiger partial charge is 0.433 e. The molecular weight excluding hydrogens is 472 g/mol. The molecule has 0 unspecified atom stereocenters. The van der Waals surface area contributed by atoms with E-state index in [1.54, 1.807) is 18.2 Å². The van der Waals surface area contributed by atoms with Crippen LogP contribution in [0.5, 0.6) is 0 Å². The summed E-state index contributed by atoms with van der Waals surface area (Å²) in [5, 5.41) is 9.52. The number of alkyl halides is 3. The Hall–Kier alpha value is -3.57. The van der Waals surface area contributed by atoms with Crippen LogP contribution in [0.1, 0.15) is 11.4 Å². The summed E-state index contributed by atoms with van der Waals surface area (Å²) in [5.41, 5.74) is -1.20. The van der Waals surface area contributed by atoms with Gasteiger partial charge in [-0.15, -0.1) is 0 Å². The van der Waals surface area contributed by atoms with Gasteiger partial charge < -0.3 is 0 Å². The number of rotatable bonds is 6.